The van der Waals surface area contributed by atoms with Crippen molar-refractivity contribution in [3.8, 4) is 11.4 Å². The highest BCUT2D eigenvalue weighted by Gasteiger charge is 2.29. The molecule has 1 aliphatic heterocycles. The molecule has 1 aliphatic carbocycles. The Labute approximate surface area is 201 Å². The van der Waals surface area contributed by atoms with Crippen LogP contribution in [-0.4, -0.2) is 54.4 Å². The summed E-state index contributed by atoms with van der Waals surface area (Å²) in [6.07, 6.45) is 9.63. The Morgan fingerprint density at radius 2 is 1.74 bits per heavy atom. The minimum absolute atomic E-state index is 0.315. The van der Waals surface area contributed by atoms with Crippen molar-refractivity contribution >= 4 is 17.2 Å². The topological polar surface area (TPSA) is 91.5 Å². The van der Waals surface area contributed by atoms with E-state index >= 15 is 0 Å². The normalized spacial score (nSPS) is 23.1. The van der Waals surface area contributed by atoms with Crippen molar-refractivity contribution in [2.45, 2.75) is 90.7 Å². The van der Waals surface area contributed by atoms with Gasteiger partial charge in [-0.15, -0.1) is 5.10 Å². The van der Waals surface area contributed by atoms with E-state index in [0.717, 1.165) is 97.2 Å². The van der Waals surface area contributed by atoms with E-state index in [0.29, 0.717) is 6.04 Å². The van der Waals surface area contributed by atoms with Crippen molar-refractivity contribution in [3.05, 3.63) is 29.3 Å². The first-order chi connectivity index (χ1) is 16.4. The summed E-state index contributed by atoms with van der Waals surface area (Å²) < 4.78 is 1.91. The van der Waals surface area contributed by atoms with Crippen LogP contribution in [0.15, 0.2) is 12.3 Å². The summed E-state index contributed by atoms with van der Waals surface area (Å²) in [4.78, 5) is 17.2. The van der Waals surface area contributed by atoms with E-state index < -0.39 is 5.60 Å². The fourth-order valence-electron chi connectivity index (χ4n) is 5.30. The van der Waals surface area contributed by atoms with Crippen LogP contribution in [0.4, 0.5) is 11.5 Å². The van der Waals surface area contributed by atoms with Crippen LogP contribution in [-0.2, 0) is 12.8 Å². The number of fused-ring (bicyclic) bond motifs is 1. The fourth-order valence-corrected chi connectivity index (χ4v) is 5.30. The van der Waals surface area contributed by atoms with Crippen LogP contribution < -0.4 is 10.2 Å². The van der Waals surface area contributed by atoms with Gasteiger partial charge in [0.2, 0.25) is 0 Å². The van der Waals surface area contributed by atoms with Gasteiger partial charge in [-0.2, -0.15) is 0 Å². The first kappa shape index (κ1) is 23.0. The molecule has 2 N–H and O–H groups in total. The van der Waals surface area contributed by atoms with Crippen molar-refractivity contribution in [3.63, 3.8) is 0 Å². The molecule has 0 aromatic carbocycles. The molecule has 2 fully saturated rings. The molecule has 0 amide bonds. The van der Waals surface area contributed by atoms with Crippen LogP contribution in [0, 0.1) is 6.92 Å². The van der Waals surface area contributed by atoms with Crippen molar-refractivity contribution in [1.29, 1.82) is 0 Å². The van der Waals surface area contributed by atoms with Crippen LogP contribution in [0.25, 0.3) is 17.0 Å². The molecule has 0 atom stereocenters. The molecule has 8 nitrogen and oxygen atoms in total. The molecule has 3 aromatic heterocycles. The lowest BCUT2D eigenvalue weighted by molar-refractivity contribution is 0.0196. The van der Waals surface area contributed by atoms with E-state index in [4.69, 9.17) is 20.1 Å². The highest BCUT2D eigenvalue weighted by molar-refractivity contribution is 5.74. The Kier molecular flexibility index (Phi) is 6.18. The molecule has 1 saturated heterocycles. The van der Waals surface area contributed by atoms with Crippen LogP contribution in [0.1, 0.15) is 76.4 Å². The summed E-state index contributed by atoms with van der Waals surface area (Å²) >= 11 is 0. The molecule has 182 valence electrons. The van der Waals surface area contributed by atoms with Gasteiger partial charge in [-0.3, -0.25) is 4.98 Å². The van der Waals surface area contributed by atoms with E-state index in [-0.39, 0.29) is 0 Å². The summed E-state index contributed by atoms with van der Waals surface area (Å²) in [5.41, 5.74) is 5.92. The molecular formula is C26H37N7O. The SMILES string of the molecule is CCc1nc(C)c(-c2cn3nc(N4CCCC4)cc(NC4CCC(C)(O)CC4)c3n2)nc1CC. The number of rotatable bonds is 6. The molecule has 4 heterocycles. The number of nitrogens with zero attached hydrogens (tertiary/aromatic N) is 6. The number of anilines is 2. The molecule has 0 bridgehead atoms. The molecular weight excluding hydrogens is 426 g/mol. The number of aliphatic hydroxyl groups is 1. The lowest BCUT2D eigenvalue weighted by atomic mass is 9.83. The molecule has 2 aliphatic rings. The number of aromatic nitrogens is 5. The van der Waals surface area contributed by atoms with E-state index in [9.17, 15) is 5.11 Å². The van der Waals surface area contributed by atoms with Gasteiger partial charge in [-0.1, -0.05) is 13.8 Å². The monoisotopic (exact) mass is 463 g/mol. The molecule has 1 saturated carbocycles. The Morgan fingerprint density at radius 1 is 1.06 bits per heavy atom. The zero-order chi connectivity index (χ0) is 23.9. The smallest absolute Gasteiger partial charge is 0.177 e. The average molecular weight is 464 g/mol. The van der Waals surface area contributed by atoms with Crippen LogP contribution in [0.5, 0.6) is 0 Å². The number of hydrogen-bond donors (Lipinski definition) is 2. The maximum absolute atomic E-state index is 10.4. The van der Waals surface area contributed by atoms with E-state index in [1.165, 1.54) is 12.8 Å². The van der Waals surface area contributed by atoms with Crippen molar-refractivity contribution < 1.29 is 5.11 Å². The maximum atomic E-state index is 10.4. The first-order valence-electron chi connectivity index (χ1n) is 12.9. The van der Waals surface area contributed by atoms with Gasteiger partial charge in [-0.25, -0.2) is 14.5 Å². The number of hydrogen-bond acceptors (Lipinski definition) is 7. The quantitative estimate of drug-likeness (QED) is 0.562. The maximum Gasteiger partial charge on any atom is 0.177 e. The van der Waals surface area contributed by atoms with E-state index in [1.807, 2.05) is 24.6 Å². The van der Waals surface area contributed by atoms with Gasteiger partial charge in [0, 0.05) is 25.2 Å². The number of nitrogens with one attached hydrogen (secondary N) is 1. The first-order valence-corrected chi connectivity index (χ1v) is 12.9. The third-order valence-electron chi connectivity index (χ3n) is 7.40. The summed E-state index contributed by atoms with van der Waals surface area (Å²) in [6.45, 7) is 10.3. The zero-order valence-corrected chi connectivity index (χ0v) is 20.9. The number of aryl methyl sites for hydroxylation is 3. The van der Waals surface area contributed by atoms with Gasteiger partial charge in [0.05, 0.1) is 34.6 Å². The number of imidazole rings is 1. The molecule has 3 aromatic rings. The minimum atomic E-state index is -0.551. The van der Waals surface area contributed by atoms with Crippen LogP contribution in [0.3, 0.4) is 0 Å². The third kappa shape index (κ3) is 4.48. The van der Waals surface area contributed by atoms with Crippen LogP contribution >= 0.6 is 0 Å². The largest absolute Gasteiger partial charge is 0.390 e. The highest BCUT2D eigenvalue weighted by Crippen LogP contribution is 2.33. The second-order valence-corrected chi connectivity index (χ2v) is 10.2. The molecule has 0 unspecified atom stereocenters. The van der Waals surface area contributed by atoms with Crippen molar-refractivity contribution in [1.82, 2.24) is 24.6 Å². The minimum Gasteiger partial charge on any atom is -0.390 e. The summed E-state index contributed by atoms with van der Waals surface area (Å²) in [6, 6.07) is 2.47. The van der Waals surface area contributed by atoms with Crippen molar-refractivity contribution in [2.24, 2.45) is 0 Å². The van der Waals surface area contributed by atoms with Gasteiger partial charge < -0.3 is 15.3 Å². The Morgan fingerprint density at radius 3 is 2.41 bits per heavy atom. The van der Waals surface area contributed by atoms with Gasteiger partial charge >= 0.3 is 0 Å². The van der Waals surface area contributed by atoms with Crippen molar-refractivity contribution in [2.75, 3.05) is 23.3 Å². The lowest BCUT2D eigenvalue weighted by Gasteiger charge is -2.34. The molecule has 5 rings (SSSR count). The molecule has 0 spiro atoms. The van der Waals surface area contributed by atoms with E-state index in [1.54, 1.807) is 0 Å². The second-order valence-electron chi connectivity index (χ2n) is 10.2. The van der Waals surface area contributed by atoms with Gasteiger partial charge in [0.1, 0.15) is 11.4 Å². The Balaban J connectivity index is 1.55. The standard InChI is InChI=1S/C26H37N7O/c1-5-19-20(6-2)29-24(17(3)27-19)22-16-33-25(30-22)21(15-23(31-33)32-13-7-8-14-32)28-18-9-11-26(4,34)12-10-18/h15-16,18,28,34H,5-14H2,1-4H3. The Bertz CT molecular complexity index is 1170. The van der Waals surface area contributed by atoms with Gasteiger partial charge in [-0.05, 0) is 65.2 Å². The van der Waals surface area contributed by atoms with Gasteiger partial charge in [0.25, 0.3) is 0 Å². The summed E-state index contributed by atoms with van der Waals surface area (Å²) in [5, 5.41) is 19.1. The van der Waals surface area contributed by atoms with Crippen LogP contribution in [0.2, 0.25) is 0 Å². The average Bonchev–Trinajstić information content (AvgIpc) is 3.50. The van der Waals surface area contributed by atoms with Gasteiger partial charge in [0.15, 0.2) is 11.5 Å². The molecule has 8 heteroatoms. The summed E-state index contributed by atoms with van der Waals surface area (Å²) in [5.74, 6) is 0.984. The predicted molar refractivity (Wildman–Crippen MR) is 135 cm³/mol. The fraction of sp³-hybridized carbons (Fsp3) is 0.615. The Hall–Kier alpha value is -2.74. The zero-order valence-electron chi connectivity index (χ0n) is 20.9. The lowest BCUT2D eigenvalue weighted by Crippen LogP contribution is -2.35. The molecule has 34 heavy (non-hydrogen) atoms. The third-order valence-corrected chi connectivity index (χ3v) is 7.40. The predicted octanol–water partition coefficient (Wildman–Crippen LogP) is 4.33. The van der Waals surface area contributed by atoms with E-state index in [2.05, 4.69) is 30.1 Å². The highest BCUT2D eigenvalue weighted by atomic mass is 16.3. The second kappa shape index (κ2) is 9.13. The molecule has 0 radical (unpaired) electrons. The summed E-state index contributed by atoms with van der Waals surface area (Å²) in [7, 11) is 0.